The van der Waals surface area contributed by atoms with Gasteiger partial charge in [-0.2, -0.15) is 0 Å². The SMILES string of the molecule is Cc1csc(C(O)c2ccc(C)s2)n1. The van der Waals surface area contributed by atoms with Gasteiger partial charge in [0.1, 0.15) is 11.1 Å². The predicted octanol–water partition coefficient (Wildman–Crippen LogP) is 2.90. The van der Waals surface area contributed by atoms with Crippen molar-refractivity contribution in [2.75, 3.05) is 0 Å². The van der Waals surface area contributed by atoms with Gasteiger partial charge in [-0.05, 0) is 26.0 Å². The summed E-state index contributed by atoms with van der Waals surface area (Å²) in [4.78, 5) is 6.46. The van der Waals surface area contributed by atoms with Crippen LogP contribution in [0.2, 0.25) is 0 Å². The Hall–Kier alpha value is -0.710. The Morgan fingerprint density at radius 2 is 2.14 bits per heavy atom. The molecule has 0 aliphatic heterocycles. The fourth-order valence-electron chi connectivity index (χ4n) is 1.22. The van der Waals surface area contributed by atoms with Crippen molar-refractivity contribution in [2.45, 2.75) is 20.0 Å². The van der Waals surface area contributed by atoms with Crippen LogP contribution in [0.25, 0.3) is 0 Å². The van der Waals surface area contributed by atoms with Gasteiger partial charge in [-0.25, -0.2) is 4.98 Å². The Kier molecular flexibility index (Phi) is 2.67. The summed E-state index contributed by atoms with van der Waals surface area (Å²) in [6.07, 6.45) is -0.549. The number of aliphatic hydroxyl groups excluding tert-OH is 1. The van der Waals surface area contributed by atoms with Crippen molar-refractivity contribution in [3.8, 4) is 0 Å². The fraction of sp³-hybridized carbons (Fsp3) is 0.300. The van der Waals surface area contributed by atoms with Crippen molar-refractivity contribution in [2.24, 2.45) is 0 Å². The number of aryl methyl sites for hydroxylation is 2. The Morgan fingerprint density at radius 3 is 2.64 bits per heavy atom. The van der Waals surface area contributed by atoms with Crippen LogP contribution >= 0.6 is 22.7 Å². The van der Waals surface area contributed by atoms with Gasteiger partial charge in [0, 0.05) is 20.8 Å². The van der Waals surface area contributed by atoms with Crippen LogP contribution < -0.4 is 0 Å². The van der Waals surface area contributed by atoms with E-state index in [-0.39, 0.29) is 0 Å². The summed E-state index contributed by atoms with van der Waals surface area (Å²) < 4.78 is 0. The zero-order valence-electron chi connectivity index (χ0n) is 8.02. The molecular weight excluding hydrogens is 214 g/mol. The first-order valence-corrected chi connectivity index (χ1v) is 6.03. The van der Waals surface area contributed by atoms with Crippen molar-refractivity contribution >= 4 is 22.7 Å². The van der Waals surface area contributed by atoms with Crippen molar-refractivity contribution < 1.29 is 5.11 Å². The highest BCUT2D eigenvalue weighted by Gasteiger charge is 2.15. The fourth-order valence-corrected chi connectivity index (χ4v) is 2.96. The zero-order chi connectivity index (χ0) is 10.1. The standard InChI is InChI=1S/C10H11NOS2/c1-6-5-13-10(11-6)9(12)8-4-3-7(2)14-8/h3-5,9,12H,1-2H3. The number of hydrogen-bond acceptors (Lipinski definition) is 4. The van der Waals surface area contributed by atoms with E-state index in [1.165, 1.54) is 16.2 Å². The maximum Gasteiger partial charge on any atom is 0.140 e. The van der Waals surface area contributed by atoms with Gasteiger partial charge < -0.3 is 5.11 Å². The van der Waals surface area contributed by atoms with Crippen molar-refractivity contribution in [1.29, 1.82) is 0 Å². The lowest BCUT2D eigenvalue weighted by atomic mass is 10.3. The molecule has 0 bridgehead atoms. The summed E-state index contributed by atoms with van der Waals surface area (Å²) in [5.41, 5.74) is 0.970. The highest BCUT2D eigenvalue weighted by molar-refractivity contribution is 7.12. The maximum atomic E-state index is 9.98. The van der Waals surface area contributed by atoms with Gasteiger partial charge >= 0.3 is 0 Å². The summed E-state index contributed by atoms with van der Waals surface area (Å²) in [5, 5.41) is 12.7. The van der Waals surface area contributed by atoms with Gasteiger partial charge in [-0.3, -0.25) is 0 Å². The molecule has 1 atom stereocenters. The Bertz CT molecular complexity index is 393. The highest BCUT2D eigenvalue weighted by Crippen LogP contribution is 2.29. The number of rotatable bonds is 2. The lowest BCUT2D eigenvalue weighted by molar-refractivity contribution is 0.223. The molecule has 0 saturated carbocycles. The Morgan fingerprint density at radius 1 is 1.36 bits per heavy atom. The second-order valence-electron chi connectivity index (χ2n) is 3.18. The molecule has 2 rings (SSSR count). The van der Waals surface area contributed by atoms with E-state index in [1.807, 2.05) is 31.4 Å². The van der Waals surface area contributed by atoms with Gasteiger partial charge in [-0.1, -0.05) is 0 Å². The molecule has 14 heavy (non-hydrogen) atoms. The molecule has 1 N–H and O–H groups in total. The quantitative estimate of drug-likeness (QED) is 0.852. The first-order chi connectivity index (χ1) is 6.66. The van der Waals surface area contributed by atoms with Gasteiger partial charge in [0.25, 0.3) is 0 Å². The first-order valence-electron chi connectivity index (χ1n) is 4.33. The average Bonchev–Trinajstić information content (AvgIpc) is 2.73. The van der Waals surface area contributed by atoms with E-state index in [4.69, 9.17) is 0 Å². The largest absolute Gasteiger partial charge is 0.380 e. The molecule has 0 aromatic carbocycles. The van der Waals surface area contributed by atoms with E-state index >= 15 is 0 Å². The van der Waals surface area contributed by atoms with Crippen LogP contribution in [0.5, 0.6) is 0 Å². The third kappa shape index (κ3) is 1.87. The van der Waals surface area contributed by atoms with E-state index in [2.05, 4.69) is 4.98 Å². The molecule has 0 aliphatic carbocycles. The minimum absolute atomic E-state index is 0.549. The van der Waals surface area contributed by atoms with E-state index < -0.39 is 6.10 Å². The normalized spacial score (nSPS) is 13.1. The number of aliphatic hydroxyl groups is 1. The number of nitrogens with zero attached hydrogens (tertiary/aromatic N) is 1. The molecule has 2 nitrogen and oxygen atoms in total. The summed E-state index contributed by atoms with van der Waals surface area (Å²) in [6.45, 7) is 3.97. The molecular formula is C10H11NOS2. The molecule has 0 radical (unpaired) electrons. The number of thiophene rings is 1. The van der Waals surface area contributed by atoms with Gasteiger partial charge in [0.2, 0.25) is 0 Å². The maximum absolute atomic E-state index is 9.98. The second-order valence-corrected chi connectivity index (χ2v) is 5.39. The highest BCUT2D eigenvalue weighted by atomic mass is 32.1. The minimum atomic E-state index is -0.549. The molecule has 1 unspecified atom stereocenters. The van der Waals surface area contributed by atoms with E-state index in [1.54, 1.807) is 11.3 Å². The lowest BCUT2D eigenvalue weighted by Gasteiger charge is -2.03. The van der Waals surface area contributed by atoms with Crippen LogP contribution in [0.4, 0.5) is 0 Å². The average molecular weight is 225 g/mol. The zero-order valence-corrected chi connectivity index (χ0v) is 9.65. The van der Waals surface area contributed by atoms with E-state index in [9.17, 15) is 5.11 Å². The molecule has 2 heterocycles. The first kappa shape index (κ1) is 9.83. The molecule has 0 amide bonds. The smallest absolute Gasteiger partial charge is 0.140 e. The molecule has 4 heteroatoms. The predicted molar refractivity (Wildman–Crippen MR) is 60.0 cm³/mol. The third-order valence-electron chi connectivity index (χ3n) is 1.90. The summed E-state index contributed by atoms with van der Waals surface area (Å²) in [5.74, 6) is 0. The van der Waals surface area contributed by atoms with Crippen LogP contribution in [-0.2, 0) is 0 Å². The molecule has 0 fully saturated rings. The Balaban J connectivity index is 2.28. The van der Waals surface area contributed by atoms with Gasteiger partial charge in [0.05, 0.1) is 0 Å². The van der Waals surface area contributed by atoms with E-state index in [0.717, 1.165) is 15.6 Å². The van der Waals surface area contributed by atoms with Crippen LogP contribution in [0.1, 0.15) is 26.6 Å². The topological polar surface area (TPSA) is 33.1 Å². The van der Waals surface area contributed by atoms with Gasteiger partial charge in [-0.15, -0.1) is 22.7 Å². The van der Waals surface area contributed by atoms with Gasteiger partial charge in [0.15, 0.2) is 0 Å². The molecule has 74 valence electrons. The summed E-state index contributed by atoms with van der Waals surface area (Å²) in [7, 11) is 0. The van der Waals surface area contributed by atoms with Crippen molar-refractivity contribution in [3.63, 3.8) is 0 Å². The van der Waals surface area contributed by atoms with Crippen LogP contribution in [-0.4, -0.2) is 10.1 Å². The molecule has 0 spiro atoms. The number of thiazole rings is 1. The molecule has 2 aromatic heterocycles. The minimum Gasteiger partial charge on any atom is -0.380 e. The lowest BCUT2D eigenvalue weighted by Crippen LogP contribution is -1.95. The third-order valence-corrected chi connectivity index (χ3v) is 3.97. The number of aromatic nitrogens is 1. The summed E-state index contributed by atoms with van der Waals surface area (Å²) >= 11 is 3.12. The second kappa shape index (κ2) is 3.81. The van der Waals surface area contributed by atoms with Crippen LogP contribution in [0.3, 0.4) is 0 Å². The van der Waals surface area contributed by atoms with E-state index in [0.29, 0.717) is 0 Å². The molecule has 0 saturated heterocycles. The Labute approximate surface area is 90.9 Å². The molecule has 2 aromatic rings. The van der Waals surface area contributed by atoms with Crippen LogP contribution in [0, 0.1) is 13.8 Å². The monoisotopic (exact) mass is 225 g/mol. The van der Waals surface area contributed by atoms with Crippen molar-refractivity contribution in [1.82, 2.24) is 4.98 Å². The number of hydrogen-bond donors (Lipinski definition) is 1. The van der Waals surface area contributed by atoms with Crippen molar-refractivity contribution in [3.05, 3.63) is 38.0 Å². The summed E-state index contributed by atoms with van der Waals surface area (Å²) in [6, 6.07) is 3.98. The molecule has 0 aliphatic rings. The van der Waals surface area contributed by atoms with Crippen LogP contribution in [0.15, 0.2) is 17.5 Å².